The molecule has 0 atom stereocenters. The first-order valence-corrected chi connectivity index (χ1v) is 9.55. The molecule has 0 aliphatic carbocycles. The van der Waals surface area contributed by atoms with Gasteiger partial charge in [-0.3, -0.25) is 9.88 Å². The Morgan fingerprint density at radius 3 is 1.64 bits per heavy atom. The Kier molecular flexibility index (Phi) is 5.70. The van der Waals surface area contributed by atoms with Crippen LogP contribution in [-0.4, -0.2) is 5.91 Å². The lowest BCUT2D eigenvalue weighted by Crippen LogP contribution is -2.22. The topological polar surface area (TPSA) is 47.6 Å². The van der Waals surface area contributed by atoms with Gasteiger partial charge in [0.05, 0.1) is 0 Å². The molecule has 4 nitrogen and oxygen atoms in total. The second kappa shape index (κ2) is 7.34. The summed E-state index contributed by atoms with van der Waals surface area (Å²) < 4.78 is 11.4. The third kappa shape index (κ3) is 5.18. The number of amides is 1. The number of benzene rings is 2. The number of halogens is 2. The molecule has 1 N–H and O–H groups in total. The molecule has 0 fully saturated rings. The summed E-state index contributed by atoms with van der Waals surface area (Å²) in [5, 5.41) is 3.70. The zero-order valence-corrected chi connectivity index (χ0v) is 14.7. The Morgan fingerprint density at radius 2 is 1.32 bits per heavy atom. The minimum Gasteiger partial charge on any atom is -0.421 e. The van der Waals surface area contributed by atoms with Gasteiger partial charge in [-0.25, -0.2) is 0 Å². The van der Waals surface area contributed by atoms with Crippen molar-refractivity contribution in [3.63, 3.8) is 0 Å². The maximum atomic E-state index is 11.4. The lowest BCUT2D eigenvalue weighted by molar-refractivity contribution is -0.117. The Morgan fingerprint density at radius 1 is 0.955 bits per heavy atom. The molecule has 0 spiro atoms. The van der Waals surface area contributed by atoms with Crippen LogP contribution in [0.25, 0.3) is 0 Å². The van der Waals surface area contributed by atoms with E-state index in [0.29, 0.717) is 21.5 Å². The highest BCUT2D eigenvalue weighted by atomic mass is 35.5. The minimum atomic E-state index is -3.10. The van der Waals surface area contributed by atoms with E-state index in [1.54, 1.807) is 48.5 Å². The summed E-state index contributed by atoms with van der Waals surface area (Å²) in [4.78, 5) is 11.4. The lowest BCUT2D eigenvalue weighted by Gasteiger charge is -2.23. The molecule has 2 aromatic carbocycles. The predicted molar refractivity (Wildman–Crippen MR) is 92.3 cm³/mol. The Labute approximate surface area is 143 Å². The zero-order valence-electron chi connectivity index (χ0n) is 11.5. The van der Waals surface area contributed by atoms with E-state index in [4.69, 9.17) is 44.1 Å². The van der Waals surface area contributed by atoms with Crippen LogP contribution in [0.1, 0.15) is 6.92 Å². The van der Waals surface area contributed by atoms with E-state index in [2.05, 4.69) is 5.09 Å². The van der Waals surface area contributed by atoms with Gasteiger partial charge in [0.15, 0.2) is 0 Å². The fourth-order valence-corrected chi connectivity index (χ4v) is 3.99. The molecule has 0 aliphatic rings. The lowest BCUT2D eigenvalue weighted by atomic mass is 10.3. The van der Waals surface area contributed by atoms with Gasteiger partial charge < -0.3 is 9.05 Å². The van der Waals surface area contributed by atoms with Crippen LogP contribution in [0.4, 0.5) is 0 Å². The van der Waals surface area contributed by atoms with Crippen molar-refractivity contribution in [3.8, 4) is 11.5 Å². The molecule has 0 aromatic heterocycles. The summed E-state index contributed by atoms with van der Waals surface area (Å²) in [6.07, 6.45) is 0. The molecule has 22 heavy (non-hydrogen) atoms. The first-order chi connectivity index (χ1) is 10.4. The molecule has 0 radical (unpaired) electrons. The van der Waals surface area contributed by atoms with E-state index in [0.717, 1.165) is 0 Å². The third-order valence-corrected chi connectivity index (χ3v) is 5.09. The highest BCUT2D eigenvalue weighted by Crippen LogP contribution is 2.45. The maximum Gasteiger partial charge on any atom is 0.394 e. The first kappa shape index (κ1) is 17.1. The molecule has 0 saturated carbocycles. The van der Waals surface area contributed by atoms with E-state index >= 15 is 0 Å². The van der Waals surface area contributed by atoms with Crippen molar-refractivity contribution in [2.45, 2.75) is 6.92 Å². The number of carbonyl (C=O) groups excluding carboxylic acids is 1. The van der Waals surface area contributed by atoms with Crippen molar-refractivity contribution in [2.24, 2.45) is 0 Å². The Balaban J connectivity index is 2.22. The second-order valence-corrected chi connectivity index (χ2v) is 8.15. The SMILES string of the molecule is CC(=O)NP(=S)(Oc1ccc(Cl)cc1)Oc1ccc(Cl)cc1. The smallest absolute Gasteiger partial charge is 0.394 e. The number of hydrogen-bond donors (Lipinski definition) is 1. The van der Waals surface area contributed by atoms with E-state index in [1.807, 2.05) is 0 Å². The number of hydrogen-bond acceptors (Lipinski definition) is 4. The third-order valence-electron chi connectivity index (χ3n) is 2.37. The first-order valence-electron chi connectivity index (χ1n) is 6.15. The molecule has 0 unspecified atom stereocenters. The van der Waals surface area contributed by atoms with Crippen molar-refractivity contribution in [1.82, 2.24) is 5.09 Å². The van der Waals surface area contributed by atoms with Gasteiger partial charge in [0.25, 0.3) is 0 Å². The van der Waals surface area contributed by atoms with E-state index in [9.17, 15) is 4.79 Å². The van der Waals surface area contributed by atoms with Crippen molar-refractivity contribution < 1.29 is 13.8 Å². The van der Waals surface area contributed by atoms with Crippen molar-refractivity contribution in [1.29, 1.82) is 0 Å². The zero-order chi connectivity index (χ0) is 16.2. The molecule has 0 bridgehead atoms. The van der Waals surface area contributed by atoms with Gasteiger partial charge >= 0.3 is 6.64 Å². The number of carbonyl (C=O) groups is 1. The molecule has 0 saturated heterocycles. The molecule has 116 valence electrons. The van der Waals surface area contributed by atoms with Gasteiger partial charge in [-0.05, 0) is 48.5 Å². The van der Waals surface area contributed by atoms with E-state index < -0.39 is 6.64 Å². The molecule has 2 rings (SSSR count). The van der Waals surface area contributed by atoms with Gasteiger partial charge in [0.2, 0.25) is 5.91 Å². The van der Waals surface area contributed by atoms with Crippen molar-refractivity contribution >= 4 is 47.6 Å². The van der Waals surface area contributed by atoms with Crippen molar-refractivity contribution in [2.75, 3.05) is 0 Å². The summed E-state index contributed by atoms with van der Waals surface area (Å²) in [6, 6.07) is 13.2. The predicted octanol–water partition coefficient (Wildman–Crippen LogP) is 4.81. The van der Waals surface area contributed by atoms with Crippen LogP contribution in [0.2, 0.25) is 10.0 Å². The number of rotatable bonds is 5. The molecule has 1 amide bonds. The highest BCUT2D eigenvalue weighted by Gasteiger charge is 2.24. The standard InChI is InChI=1S/C14H12Cl2NO3PS/c1-10(18)17-21(22,19-13-6-2-11(15)3-7-13)20-14-8-4-12(16)5-9-14/h2-9H,1H3,(H,17,18,22). The molecule has 2 aromatic rings. The van der Waals surface area contributed by atoms with Crippen molar-refractivity contribution in [3.05, 3.63) is 58.6 Å². The minimum absolute atomic E-state index is 0.341. The Bertz CT molecular complexity index is 656. The summed E-state index contributed by atoms with van der Waals surface area (Å²) in [7, 11) is 0. The van der Waals surface area contributed by atoms with E-state index in [-0.39, 0.29) is 5.91 Å². The summed E-state index contributed by atoms with van der Waals surface area (Å²) in [5.41, 5.74) is 0. The van der Waals surface area contributed by atoms with Crippen LogP contribution in [-0.2, 0) is 16.6 Å². The highest BCUT2D eigenvalue weighted by molar-refractivity contribution is 8.09. The largest absolute Gasteiger partial charge is 0.421 e. The quantitative estimate of drug-likeness (QED) is 0.761. The van der Waals surface area contributed by atoms with Gasteiger partial charge in [-0.15, -0.1) is 0 Å². The fraction of sp³-hybridized carbons (Fsp3) is 0.0714. The van der Waals surface area contributed by atoms with Crippen LogP contribution in [0.5, 0.6) is 11.5 Å². The van der Waals surface area contributed by atoms with Crippen LogP contribution in [0.15, 0.2) is 48.5 Å². The van der Waals surface area contributed by atoms with Gasteiger partial charge in [0, 0.05) is 28.8 Å². The van der Waals surface area contributed by atoms with Gasteiger partial charge in [0.1, 0.15) is 11.5 Å². The molecular formula is C14H12Cl2NO3PS. The van der Waals surface area contributed by atoms with Gasteiger partial charge in [-0.2, -0.15) is 0 Å². The Hall–Kier alpha value is -1.26. The van der Waals surface area contributed by atoms with Crippen LogP contribution >= 0.6 is 29.8 Å². The van der Waals surface area contributed by atoms with Gasteiger partial charge in [-0.1, -0.05) is 23.2 Å². The average molecular weight is 376 g/mol. The summed E-state index contributed by atoms with van der Waals surface area (Å²) in [6.45, 7) is -1.76. The number of nitrogens with one attached hydrogen (secondary N) is 1. The average Bonchev–Trinajstić information content (AvgIpc) is 2.43. The normalized spacial score (nSPS) is 10.9. The maximum absolute atomic E-state index is 11.4. The summed E-state index contributed by atoms with van der Waals surface area (Å²) >= 11 is 17.0. The monoisotopic (exact) mass is 375 g/mol. The van der Waals surface area contributed by atoms with Crippen LogP contribution < -0.4 is 14.1 Å². The molecule has 0 aliphatic heterocycles. The molecule has 8 heteroatoms. The van der Waals surface area contributed by atoms with Crippen LogP contribution in [0.3, 0.4) is 0 Å². The fourth-order valence-electron chi connectivity index (χ4n) is 1.53. The second-order valence-electron chi connectivity index (χ2n) is 4.26. The van der Waals surface area contributed by atoms with E-state index in [1.165, 1.54) is 6.92 Å². The molecular weight excluding hydrogens is 364 g/mol. The summed E-state index contributed by atoms with van der Waals surface area (Å²) in [5.74, 6) is 0.567. The molecule has 0 heterocycles. The van der Waals surface area contributed by atoms with Crippen LogP contribution in [0, 0.1) is 0 Å².